The maximum atomic E-state index is 5.96. The Morgan fingerprint density at radius 1 is 1.19 bits per heavy atom. The van der Waals surface area contributed by atoms with Gasteiger partial charge in [-0.15, -0.1) is 0 Å². The lowest BCUT2D eigenvalue weighted by molar-refractivity contribution is 0.174. The van der Waals surface area contributed by atoms with E-state index in [1.807, 2.05) is 26.2 Å². The van der Waals surface area contributed by atoms with Gasteiger partial charge in [0.15, 0.2) is 0 Å². The fourth-order valence-corrected chi connectivity index (χ4v) is 4.39. The van der Waals surface area contributed by atoms with Crippen molar-refractivity contribution in [3.8, 4) is 16.9 Å². The highest BCUT2D eigenvalue weighted by molar-refractivity contribution is 5.62. The lowest BCUT2D eigenvalue weighted by Gasteiger charge is -2.25. The van der Waals surface area contributed by atoms with Gasteiger partial charge < -0.3 is 9.47 Å². The lowest BCUT2D eigenvalue weighted by atomic mass is 10.0. The molecule has 1 aliphatic heterocycles. The molecule has 1 fully saturated rings. The summed E-state index contributed by atoms with van der Waals surface area (Å²) in [6, 6.07) is 11.1. The van der Waals surface area contributed by atoms with Gasteiger partial charge in [-0.2, -0.15) is 5.10 Å². The van der Waals surface area contributed by atoms with Gasteiger partial charge in [0, 0.05) is 36.7 Å². The summed E-state index contributed by atoms with van der Waals surface area (Å²) in [5.74, 6) is 0.906. The molecular formula is C25H32N4O2. The Labute approximate surface area is 184 Å². The van der Waals surface area contributed by atoms with Gasteiger partial charge in [0.05, 0.1) is 30.6 Å². The Morgan fingerprint density at radius 3 is 2.81 bits per heavy atom. The van der Waals surface area contributed by atoms with E-state index < -0.39 is 0 Å². The van der Waals surface area contributed by atoms with Crippen molar-refractivity contribution in [3.05, 3.63) is 65.2 Å². The third-order valence-corrected chi connectivity index (χ3v) is 5.68. The Kier molecular flexibility index (Phi) is 6.68. The highest BCUT2D eigenvalue weighted by Crippen LogP contribution is 2.35. The predicted molar refractivity (Wildman–Crippen MR) is 122 cm³/mol. The fraction of sp³-hybridized carbons (Fsp3) is 0.440. The molecule has 0 bridgehead atoms. The lowest BCUT2D eigenvalue weighted by Crippen LogP contribution is -2.24. The van der Waals surface area contributed by atoms with Crippen molar-refractivity contribution in [2.24, 2.45) is 0 Å². The normalized spacial score (nSPS) is 16.9. The predicted octanol–water partition coefficient (Wildman–Crippen LogP) is 5.05. The van der Waals surface area contributed by atoms with Crippen LogP contribution in [0.4, 0.5) is 0 Å². The number of ether oxygens (including phenoxy) is 2. The molecule has 1 aliphatic rings. The van der Waals surface area contributed by atoms with Crippen LogP contribution >= 0.6 is 0 Å². The van der Waals surface area contributed by atoms with Gasteiger partial charge in [-0.1, -0.05) is 6.07 Å². The van der Waals surface area contributed by atoms with Crippen molar-refractivity contribution in [2.45, 2.75) is 58.9 Å². The van der Waals surface area contributed by atoms with E-state index in [0.29, 0.717) is 12.6 Å². The van der Waals surface area contributed by atoms with Crippen LogP contribution in [0.15, 0.2) is 42.7 Å². The van der Waals surface area contributed by atoms with E-state index in [2.05, 4.69) is 52.4 Å². The average Bonchev–Trinajstić information content (AvgIpc) is 3.41. The number of H-pyrrole nitrogens is 1. The summed E-state index contributed by atoms with van der Waals surface area (Å²) in [4.78, 5) is 7.44. The second-order valence-corrected chi connectivity index (χ2v) is 8.58. The first-order valence-corrected chi connectivity index (χ1v) is 11.0. The van der Waals surface area contributed by atoms with Crippen LogP contribution in [0.3, 0.4) is 0 Å². The van der Waals surface area contributed by atoms with Crippen LogP contribution in [0.5, 0.6) is 5.75 Å². The number of methoxy groups -OCH3 is 1. The summed E-state index contributed by atoms with van der Waals surface area (Å²) in [6.07, 6.45) is 6.24. The molecule has 1 N–H and O–H groups in total. The number of nitrogens with zero attached hydrogens (tertiary/aromatic N) is 3. The van der Waals surface area contributed by atoms with Crippen molar-refractivity contribution in [1.29, 1.82) is 0 Å². The van der Waals surface area contributed by atoms with Gasteiger partial charge in [-0.3, -0.25) is 15.0 Å². The maximum absolute atomic E-state index is 5.96. The number of aromatic amines is 1. The number of pyridine rings is 1. The zero-order chi connectivity index (χ0) is 21.8. The van der Waals surface area contributed by atoms with Crippen molar-refractivity contribution < 1.29 is 9.47 Å². The van der Waals surface area contributed by atoms with E-state index in [1.54, 1.807) is 7.11 Å². The number of benzene rings is 1. The molecule has 3 aromatic rings. The van der Waals surface area contributed by atoms with Gasteiger partial charge in [0.1, 0.15) is 5.75 Å². The van der Waals surface area contributed by atoms with E-state index in [0.717, 1.165) is 47.8 Å². The number of rotatable bonds is 8. The summed E-state index contributed by atoms with van der Waals surface area (Å²) < 4.78 is 11.4. The minimum absolute atomic E-state index is 0.140. The third kappa shape index (κ3) is 5.14. The highest BCUT2D eigenvalue weighted by atomic mass is 16.5. The van der Waals surface area contributed by atoms with Gasteiger partial charge in [0.25, 0.3) is 0 Å². The molecule has 0 spiro atoms. The zero-order valence-corrected chi connectivity index (χ0v) is 18.9. The molecule has 1 atom stereocenters. The van der Waals surface area contributed by atoms with E-state index in [9.17, 15) is 0 Å². The number of hydrogen-bond acceptors (Lipinski definition) is 5. The molecule has 0 radical (unpaired) electrons. The molecule has 1 saturated heterocycles. The molecule has 164 valence electrons. The minimum Gasteiger partial charge on any atom is -0.491 e. The molecular weight excluding hydrogens is 388 g/mol. The van der Waals surface area contributed by atoms with Crippen LogP contribution in [0.1, 0.15) is 55.2 Å². The van der Waals surface area contributed by atoms with E-state index in [4.69, 9.17) is 14.5 Å². The van der Waals surface area contributed by atoms with Gasteiger partial charge in [0.2, 0.25) is 0 Å². The van der Waals surface area contributed by atoms with Crippen LogP contribution in [0, 0.1) is 6.92 Å². The summed E-state index contributed by atoms with van der Waals surface area (Å²) in [5, 5.41) is 7.01. The highest BCUT2D eigenvalue weighted by Gasteiger charge is 2.28. The van der Waals surface area contributed by atoms with E-state index >= 15 is 0 Å². The van der Waals surface area contributed by atoms with Crippen LogP contribution in [-0.2, 0) is 17.9 Å². The second kappa shape index (κ2) is 9.62. The van der Waals surface area contributed by atoms with Crippen molar-refractivity contribution >= 4 is 0 Å². The van der Waals surface area contributed by atoms with Gasteiger partial charge in [-0.25, -0.2) is 0 Å². The smallest absolute Gasteiger partial charge is 0.125 e. The molecule has 0 aliphatic carbocycles. The Morgan fingerprint density at radius 2 is 2.06 bits per heavy atom. The molecule has 31 heavy (non-hydrogen) atoms. The van der Waals surface area contributed by atoms with Crippen molar-refractivity contribution in [3.63, 3.8) is 0 Å². The first-order valence-electron chi connectivity index (χ1n) is 11.0. The maximum Gasteiger partial charge on any atom is 0.125 e. The Bertz CT molecular complexity index is 1000. The van der Waals surface area contributed by atoms with Crippen LogP contribution in [0.2, 0.25) is 0 Å². The van der Waals surface area contributed by atoms with E-state index in [1.165, 1.54) is 17.5 Å². The third-order valence-electron chi connectivity index (χ3n) is 5.68. The number of nitrogens with one attached hydrogen (secondary N) is 1. The largest absolute Gasteiger partial charge is 0.491 e. The molecule has 1 aromatic carbocycles. The minimum atomic E-state index is 0.140. The van der Waals surface area contributed by atoms with Crippen LogP contribution in [0.25, 0.3) is 11.1 Å². The number of hydrogen-bond donors (Lipinski definition) is 1. The monoisotopic (exact) mass is 420 g/mol. The second-order valence-electron chi connectivity index (χ2n) is 8.58. The molecule has 6 nitrogen and oxygen atoms in total. The first kappa shape index (κ1) is 21.5. The van der Waals surface area contributed by atoms with Crippen molar-refractivity contribution in [2.75, 3.05) is 13.7 Å². The van der Waals surface area contributed by atoms with Crippen LogP contribution in [-0.4, -0.2) is 39.8 Å². The molecule has 3 heterocycles. The topological polar surface area (TPSA) is 63.3 Å². The molecule has 4 rings (SSSR count). The molecule has 6 heteroatoms. The van der Waals surface area contributed by atoms with Gasteiger partial charge >= 0.3 is 0 Å². The van der Waals surface area contributed by atoms with Gasteiger partial charge in [-0.05, 0) is 75.5 Å². The zero-order valence-electron chi connectivity index (χ0n) is 18.9. The molecule has 1 unspecified atom stereocenters. The van der Waals surface area contributed by atoms with E-state index in [-0.39, 0.29) is 6.10 Å². The summed E-state index contributed by atoms with van der Waals surface area (Å²) >= 11 is 0. The Balaban J connectivity index is 1.56. The number of likely N-dealkylation sites (tertiary alicyclic amines) is 1. The summed E-state index contributed by atoms with van der Waals surface area (Å²) in [7, 11) is 1.73. The number of aromatic nitrogens is 3. The van der Waals surface area contributed by atoms with Crippen molar-refractivity contribution in [1.82, 2.24) is 20.1 Å². The first-order chi connectivity index (χ1) is 15.0. The van der Waals surface area contributed by atoms with Crippen LogP contribution < -0.4 is 4.74 Å². The quantitative estimate of drug-likeness (QED) is 0.552. The molecule has 0 saturated carbocycles. The Hall–Kier alpha value is -2.70. The fourth-order valence-electron chi connectivity index (χ4n) is 4.39. The number of aryl methyl sites for hydroxylation is 1. The average molecular weight is 421 g/mol. The molecule has 2 aromatic heterocycles. The standard InChI is InChI=1S/C25H32N4O2/c1-17(2)31-25-8-7-19(11-21(25)16-30-4)15-29-9-5-6-24(29)23-12-20(10-18(3)28-23)22-13-26-27-14-22/h7-8,10-14,17,24H,5-6,9,15-16H2,1-4H3,(H,26,27). The molecule has 0 amide bonds. The summed E-state index contributed by atoms with van der Waals surface area (Å²) in [5.41, 5.74) is 6.82. The SMILES string of the molecule is COCc1cc(CN2CCCC2c2cc(-c3cn[nH]c3)cc(C)n2)ccc1OC(C)C. The summed E-state index contributed by atoms with van der Waals surface area (Å²) in [6.45, 7) is 8.67.